The number of aromatic nitrogens is 5. The Morgan fingerprint density at radius 2 is 2.06 bits per heavy atom. The zero-order chi connectivity index (χ0) is 21.9. The molecule has 1 amide bonds. The summed E-state index contributed by atoms with van der Waals surface area (Å²) in [7, 11) is 1.60. The minimum atomic E-state index is -0.164. The Morgan fingerprint density at radius 1 is 1.23 bits per heavy atom. The van der Waals surface area contributed by atoms with Crippen LogP contribution >= 0.6 is 34.9 Å². The van der Waals surface area contributed by atoms with Crippen molar-refractivity contribution in [2.75, 3.05) is 23.9 Å². The Morgan fingerprint density at radius 3 is 2.84 bits per heavy atom. The Balaban J connectivity index is 1.42. The molecule has 31 heavy (non-hydrogen) atoms. The highest BCUT2D eigenvalue weighted by Gasteiger charge is 2.14. The highest BCUT2D eigenvalue weighted by molar-refractivity contribution is 8.01. The van der Waals surface area contributed by atoms with E-state index in [0.717, 1.165) is 22.9 Å². The molecule has 0 spiro atoms. The van der Waals surface area contributed by atoms with Gasteiger partial charge in [0.1, 0.15) is 6.61 Å². The van der Waals surface area contributed by atoms with Crippen LogP contribution in [0.1, 0.15) is 17.8 Å². The number of hydrogen-bond acceptors (Lipinski definition) is 9. The molecule has 2 heterocycles. The molecule has 0 bridgehead atoms. The van der Waals surface area contributed by atoms with Crippen LogP contribution in [-0.4, -0.2) is 49.5 Å². The van der Waals surface area contributed by atoms with E-state index >= 15 is 0 Å². The van der Waals surface area contributed by atoms with Gasteiger partial charge in [0.15, 0.2) is 15.3 Å². The third-order valence-corrected chi connectivity index (χ3v) is 7.07. The number of thioether (sulfide) groups is 2. The van der Waals surface area contributed by atoms with Crippen LogP contribution < -0.4 is 5.32 Å². The molecule has 0 atom stereocenters. The van der Waals surface area contributed by atoms with Crippen LogP contribution in [0.3, 0.4) is 0 Å². The maximum atomic E-state index is 12.3. The summed E-state index contributed by atoms with van der Waals surface area (Å²) in [6.45, 7) is 4.66. The molecule has 3 rings (SSSR count). The number of anilines is 1. The topological polar surface area (TPSA) is 94.8 Å². The number of allylic oxidation sites excluding steroid dienone is 1. The lowest BCUT2D eigenvalue weighted by Gasteiger charge is -2.06. The van der Waals surface area contributed by atoms with Gasteiger partial charge in [0.05, 0.1) is 5.75 Å². The second-order valence-electron chi connectivity index (χ2n) is 6.38. The molecule has 11 heteroatoms. The molecule has 0 aliphatic heterocycles. The first-order valence-electron chi connectivity index (χ1n) is 9.64. The van der Waals surface area contributed by atoms with Gasteiger partial charge in [-0.05, 0) is 18.4 Å². The Bertz CT molecular complexity index is 976. The van der Waals surface area contributed by atoms with Crippen LogP contribution in [0.5, 0.6) is 0 Å². The van der Waals surface area contributed by atoms with E-state index in [4.69, 9.17) is 4.74 Å². The summed E-state index contributed by atoms with van der Waals surface area (Å²) in [5.41, 5.74) is 1.34. The standard InChI is InChI=1S/C20H24N6O2S3/c1-3-11-26-16(13-28-2)22-24-19(26)30-14-17(27)21-18-23-25-20(31-18)29-12-7-10-15-8-5-4-6-9-15/h3-6,8-9H,1,7,10-14H2,2H3,(H,21,23,27). The smallest absolute Gasteiger partial charge is 0.236 e. The molecule has 0 radical (unpaired) electrons. The van der Waals surface area contributed by atoms with E-state index in [-0.39, 0.29) is 11.7 Å². The van der Waals surface area contributed by atoms with Crippen molar-refractivity contribution < 1.29 is 9.53 Å². The van der Waals surface area contributed by atoms with Crippen LogP contribution in [0, 0.1) is 0 Å². The highest BCUT2D eigenvalue weighted by Crippen LogP contribution is 2.26. The molecule has 0 saturated carbocycles. The summed E-state index contributed by atoms with van der Waals surface area (Å²) < 4.78 is 7.86. The summed E-state index contributed by atoms with van der Waals surface area (Å²) in [5, 5.41) is 20.4. The molecule has 0 fully saturated rings. The minimum Gasteiger partial charge on any atom is -0.377 e. The molecule has 0 aliphatic rings. The van der Waals surface area contributed by atoms with Crippen molar-refractivity contribution in [2.24, 2.45) is 0 Å². The van der Waals surface area contributed by atoms with Crippen molar-refractivity contribution in [1.82, 2.24) is 25.0 Å². The maximum absolute atomic E-state index is 12.3. The minimum absolute atomic E-state index is 0.164. The van der Waals surface area contributed by atoms with E-state index in [9.17, 15) is 4.79 Å². The van der Waals surface area contributed by atoms with E-state index in [1.807, 2.05) is 10.6 Å². The number of methoxy groups -OCH3 is 1. The monoisotopic (exact) mass is 476 g/mol. The lowest BCUT2D eigenvalue weighted by atomic mass is 10.1. The van der Waals surface area contributed by atoms with Gasteiger partial charge in [0.2, 0.25) is 11.0 Å². The van der Waals surface area contributed by atoms with Crippen molar-refractivity contribution in [2.45, 2.75) is 35.5 Å². The van der Waals surface area contributed by atoms with Gasteiger partial charge >= 0.3 is 0 Å². The Kier molecular flexibility index (Phi) is 9.53. The number of benzene rings is 1. The van der Waals surface area contributed by atoms with Crippen LogP contribution in [0.25, 0.3) is 0 Å². The van der Waals surface area contributed by atoms with Crippen LogP contribution in [-0.2, 0) is 29.1 Å². The highest BCUT2D eigenvalue weighted by atomic mass is 32.2. The molecule has 0 saturated heterocycles. The molecule has 164 valence electrons. The van der Waals surface area contributed by atoms with E-state index in [1.54, 1.807) is 24.9 Å². The maximum Gasteiger partial charge on any atom is 0.236 e. The van der Waals surface area contributed by atoms with Gasteiger partial charge in [0, 0.05) is 19.4 Å². The van der Waals surface area contributed by atoms with Gasteiger partial charge < -0.3 is 9.30 Å². The zero-order valence-electron chi connectivity index (χ0n) is 17.2. The average Bonchev–Trinajstić information content (AvgIpc) is 3.38. The molecular weight excluding hydrogens is 452 g/mol. The van der Waals surface area contributed by atoms with E-state index < -0.39 is 0 Å². The lowest BCUT2D eigenvalue weighted by molar-refractivity contribution is -0.113. The normalized spacial score (nSPS) is 10.9. The fourth-order valence-corrected chi connectivity index (χ4v) is 5.20. The quantitative estimate of drug-likeness (QED) is 0.172. The number of aryl methyl sites for hydroxylation is 1. The molecular formula is C20H24N6O2S3. The summed E-state index contributed by atoms with van der Waals surface area (Å²) >= 11 is 4.35. The lowest BCUT2D eigenvalue weighted by Crippen LogP contribution is -2.14. The van der Waals surface area contributed by atoms with Gasteiger partial charge in [-0.1, -0.05) is 71.3 Å². The first-order valence-corrected chi connectivity index (χ1v) is 12.4. The van der Waals surface area contributed by atoms with Gasteiger partial charge in [-0.25, -0.2) is 0 Å². The average molecular weight is 477 g/mol. The summed E-state index contributed by atoms with van der Waals surface area (Å²) in [5.74, 6) is 1.68. The number of rotatable bonds is 13. The molecule has 3 aromatic rings. The number of carbonyl (C=O) groups is 1. The second kappa shape index (κ2) is 12.6. The third-order valence-electron chi connectivity index (χ3n) is 4.04. The van der Waals surface area contributed by atoms with Gasteiger partial charge in [-0.3, -0.25) is 10.1 Å². The summed E-state index contributed by atoms with van der Waals surface area (Å²) in [6, 6.07) is 10.4. The zero-order valence-corrected chi connectivity index (χ0v) is 19.6. The fraction of sp³-hybridized carbons (Fsp3) is 0.350. The van der Waals surface area contributed by atoms with Crippen molar-refractivity contribution in [3.05, 3.63) is 54.4 Å². The molecule has 1 aromatic carbocycles. The van der Waals surface area contributed by atoms with Crippen molar-refractivity contribution in [3.8, 4) is 0 Å². The van der Waals surface area contributed by atoms with Crippen LogP contribution in [0.15, 0.2) is 52.5 Å². The number of hydrogen-bond donors (Lipinski definition) is 1. The number of amides is 1. The number of carbonyl (C=O) groups excluding carboxylic acids is 1. The summed E-state index contributed by atoms with van der Waals surface area (Å²) in [6.07, 6.45) is 3.85. The third kappa shape index (κ3) is 7.46. The molecule has 2 aromatic heterocycles. The number of nitrogens with zero attached hydrogens (tertiary/aromatic N) is 5. The molecule has 0 aliphatic carbocycles. The van der Waals surface area contributed by atoms with E-state index in [0.29, 0.717) is 29.3 Å². The fourth-order valence-electron chi connectivity index (χ4n) is 2.66. The van der Waals surface area contributed by atoms with E-state index in [1.165, 1.54) is 28.7 Å². The molecule has 0 unspecified atom stereocenters. The SMILES string of the molecule is C=CCn1c(COC)nnc1SCC(=O)Nc1nnc(SCCCc2ccccc2)s1. The van der Waals surface area contributed by atoms with Crippen molar-refractivity contribution in [1.29, 1.82) is 0 Å². The van der Waals surface area contributed by atoms with Gasteiger partial charge in [-0.15, -0.1) is 27.0 Å². The van der Waals surface area contributed by atoms with Crippen molar-refractivity contribution >= 4 is 45.9 Å². The van der Waals surface area contributed by atoms with Crippen molar-refractivity contribution in [3.63, 3.8) is 0 Å². The van der Waals surface area contributed by atoms with Gasteiger partial charge in [0.25, 0.3) is 0 Å². The second-order valence-corrected chi connectivity index (χ2v) is 9.64. The Hall–Kier alpha value is -2.21. The largest absolute Gasteiger partial charge is 0.377 e. The first kappa shape index (κ1) is 23.5. The summed E-state index contributed by atoms with van der Waals surface area (Å²) in [4.78, 5) is 12.3. The predicted molar refractivity (Wildman–Crippen MR) is 126 cm³/mol. The predicted octanol–water partition coefficient (Wildman–Crippen LogP) is 3.92. The number of nitrogens with one attached hydrogen (secondary N) is 1. The van der Waals surface area contributed by atoms with Crippen LogP contribution in [0.4, 0.5) is 5.13 Å². The van der Waals surface area contributed by atoms with Crippen LogP contribution in [0.2, 0.25) is 0 Å². The first-order chi connectivity index (χ1) is 15.2. The number of ether oxygens (including phenoxy) is 1. The van der Waals surface area contributed by atoms with Gasteiger partial charge in [-0.2, -0.15) is 0 Å². The Labute approximate surface area is 193 Å². The molecule has 8 nitrogen and oxygen atoms in total. The van der Waals surface area contributed by atoms with E-state index in [2.05, 4.69) is 56.6 Å². The molecule has 1 N–H and O–H groups in total.